The van der Waals surface area contributed by atoms with Crippen LogP contribution in [0, 0.1) is 0 Å². The minimum atomic E-state index is -0.381. The summed E-state index contributed by atoms with van der Waals surface area (Å²) < 4.78 is 10.3. The number of methoxy groups -OCH3 is 1. The van der Waals surface area contributed by atoms with Crippen LogP contribution in [0.2, 0.25) is 0 Å². The van der Waals surface area contributed by atoms with Crippen LogP contribution < -0.4 is 4.90 Å². The Kier molecular flexibility index (Phi) is 4.09. The number of carbonyl (C=O) groups is 1. The quantitative estimate of drug-likeness (QED) is 0.740. The summed E-state index contributed by atoms with van der Waals surface area (Å²) >= 11 is 0. The number of anilines is 1. The Hall–Kier alpha value is -1.69. The zero-order chi connectivity index (χ0) is 13.0. The molecule has 1 saturated heterocycles. The van der Waals surface area contributed by atoms with Gasteiger partial charge in [-0.2, -0.15) is 0 Å². The van der Waals surface area contributed by atoms with Crippen LogP contribution in [0.1, 0.15) is 23.7 Å². The third-order valence-electron chi connectivity index (χ3n) is 2.96. The molecular formula is C12H17N3O3. The highest BCUT2D eigenvalue weighted by molar-refractivity contribution is 5.94. The molecule has 0 N–H and O–H groups in total. The van der Waals surface area contributed by atoms with Gasteiger partial charge in [-0.15, -0.1) is 0 Å². The molecule has 0 bridgehead atoms. The van der Waals surface area contributed by atoms with E-state index in [0.29, 0.717) is 18.0 Å². The van der Waals surface area contributed by atoms with Crippen LogP contribution >= 0.6 is 0 Å². The molecule has 98 valence electrons. The molecule has 0 aromatic carbocycles. The van der Waals surface area contributed by atoms with Gasteiger partial charge in [-0.05, 0) is 13.3 Å². The number of hydrogen-bond acceptors (Lipinski definition) is 6. The van der Waals surface area contributed by atoms with Crippen molar-refractivity contribution >= 4 is 11.8 Å². The highest BCUT2D eigenvalue weighted by atomic mass is 16.5. The second kappa shape index (κ2) is 5.77. The number of carbonyl (C=O) groups excluding carboxylic acids is 1. The zero-order valence-electron chi connectivity index (χ0n) is 10.6. The molecule has 1 fully saturated rings. The SMILES string of the molecule is CCOC(=O)c1cncnc1N1CCC(OC)C1. The van der Waals surface area contributed by atoms with Gasteiger partial charge in [-0.3, -0.25) is 0 Å². The van der Waals surface area contributed by atoms with Crippen molar-refractivity contribution in [1.82, 2.24) is 9.97 Å². The molecule has 1 atom stereocenters. The molecule has 1 aliphatic rings. The molecule has 2 rings (SSSR count). The lowest BCUT2D eigenvalue weighted by molar-refractivity contribution is 0.0526. The van der Waals surface area contributed by atoms with E-state index >= 15 is 0 Å². The first-order valence-electron chi connectivity index (χ1n) is 6.01. The fourth-order valence-corrected chi connectivity index (χ4v) is 2.04. The van der Waals surface area contributed by atoms with Gasteiger partial charge in [-0.25, -0.2) is 14.8 Å². The second-order valence-electron chi connectivity index (χ2n) is 4.07. The largest absolute Gasteiger partial charge is 0.462 e. The van der Waals surface area contributed by atoms with Gasteiger partial charge in [0.2, 0.25) is 0 Å². The summed E-state index contributed by atoms with van der Waals surface area (Å²) in [5, 5.41) is 0. The lowest BCUT2D eigenvalue weighted by Gasteiger charge is -2.19. The smallest absolute Gasteiger partial charge is 0.343 e. The van der Waals surface area contributed by atoms with E-state index in [1.807, 2.05) is 4.90 Å². The highest BCUT2D eigenvalue weighted by Crippen LogP contribution is 2.23. The van der Waals surface area contributed by atoms with Crippen molar-refractivity contribution in [2.75, 3.05) is 31.7 Å². The molecular weight excluding hydrogens is 234 g/mol. The van der Waals surface area contributed by atoms with E-state index in [4.69, 9.17) is 9.47 Å². The monoisotopic (exact) mass is 251 g/mol. The number of aromatic nitrogens is 2. The number of esters is 1. The van der Waals surface area contributed by atoms with Gasteiger partial charge in [-0.1, -0.05) is 0 Å². The Balaban J connectivity index is 2.20. The van der Waals surface area contributed by atoms with Crippen LogP contribution in [0.15, 0.2) is 12.5 Å². The summed E-state index contributed by atoms with van der Waals surface area (Å²) in [6.07, 6.45) is 4.07. The first-order valence-corrected chi connectivity index (χ1v) is 6.01. The lowest BCUT2D eigenvalue weighted by atomic mass is 10.3. The molecule has 6 heteroatoms. The third-order valence-corrected chi connectivity index (χ3v) is 2.96. The summed E-state index contributed by atoms with van der Waals surface area (Å²) in [7, 11) is 1.69. The maximum Gasteiger partial charge on any atom is 0.343 e. The summed E-state index contributed by atoms with van der Waals surface area (Å²) in [5.41, 5.74) is 0.413. The van der Waals surface area contributed by atoms with Crippen LogP contribution in [-0.2, 0) is 9.47 Å². The second-order valence-corrected chi connectivity index (χ2v) is 4.07. The minimum Gasteiger partial charge on any atom is -0.462 e. The molecule has 0 radical (unpaired) electrons. The van der Waals surface area contributed by atoms with Crippen LogP contribution in [0.5, 0.6) is 0 Å². The van der Waals surface area contributed by atoms with Gasteiger partial charge < -0.3 is 14.4 Å². The maximum absolute atomic E-state index is 11.8. The van der Waals surface area contributed by atoms with Gasteiger partial charge in [0.05, 0.1) is 12.7 Å². The van der Waals surface area contributed by atoms with E-state index < -0.39 is 0 Å². The Morgan fingerprint density at radius 1 is 1.61 bits per heavy atom. The number of nitrogens with zero attached hydrogens (tertiary/aromatic N) is 3. The molecule has 1 aliphatic heterocycles. The Labute approximate surface area is 106 Å². The average Bonchev–Trinajstić information content (AvgIpc) is 2.87. The van der Waals surface area contributed by atoms with E-state index in [-0.39, 0.29) is 12.1 Å². The number of hydrogen-bond donors (Lipinski definition) is 0. The van der Waals surface area contributed by atoms with E-state index in [1.165, 1.54) is 12.5 Å². The summed E-state index contributed by atoms with van der Waals surface area (Å²) in [6.45, 7) is 3.67. The van der Waals surface area contributed by atoms with Gasteiger partial charge in [0, 0.05) is 26.4 Å². The zero-order valence-corrected chi connectivity index (χ0v) is 10.6. The average molecular weight is 251 g/mol. The van der Waals surface area contributed by atoms with Crippen LogP contribution in [0.25, 0.3) is 0 Å². The Bertz CT molecular complexity index is 425. The first-order chi connectivity index (χ1) is 8.76. The molecule has 0 saturated carbocycles. The first kappa shape index (κ1) is 12.8. The third kappa shape index (κ3) is 2.59. The molecule has 1 aromatic rings. The van der Waals surface area contributed by atoms with Gasteiger partial charge >= 0.3 is 5.97 Å². The molecule has 0 amide bonds. The summed E-state index contributed by atoms with van der Waals surface area (Å²) in [4.78, 5) is 21.9. The fourth-order valence-electron chi connectivity index (χ4n) is 2.04. The molecule has 2 heterocycles. The molecule has 0 spiro atoms. The summed E-state index contributed by atoms with van der Waals surface area (Å²) in [5.74, 6) is 0.247. The van der Waals surface area contributed by atoms with E-state index in [2.05, 4.69) is 9.97 Å². The predicted octanol–water partition coefficient (Wildman–Crippen LogP) is 0.878. The van der Waals surface area contributed by atoms with Gasteiger partial charge in [0.15, 0.2) is 0 Å². The maximum atomic E-state index is 11.8. The topological polar surface area (TPSA) is 64.5 Å². The normalized spacial score (nSPS) is 19.0. The Morgan fingerprint density at radius 2 is 2.44 bits per heavy atom. The van der Waals surface area contributed by atoms with Crippen LogP contribution in [0.4, 0.5) is 5.82 Å². The number of rotatable bonds is 4. The van der Waals surface area contributed by atoms with Crippen LogP contribution in [0.3, 0.4) is 0 Å². The van der Waals surface area contributed by atoms with E-state index in [1.54, 1.807) is 14.0 Å². The molecule has 18 heavy (non-hydrogen) atoms. The predicted molar refractivity (Wildman–Crippen MR) is 65.6 cm³/mol. The summed E-state index contributed by atoms with van der Waals surface area (Å²) in [6, 6.07) is 0. The minimum absolute atomic E-state index is 0.190. The van der Waals surface area contributed by atoms with Crippen molar-refractivity contribution in [1.29, 1.82) is 0 Å². The highest BCUT2D eigenvalue weighted by Gasteiger charge is 2.27. The number of ether oxygens (including phenoxy) is 2. The van der Waals surface area contributed by atoms with Gasteiger partial charge in [0.25, 0.3) is 0 Å². The van der Waals surface area contributed by atoms with Crippen molar-refractivity contribution in [2.45, 2.75) is 19.4 Å². The van der Waals surface area contributed by atoms with Crippen molar-refractivity contribution in [2.24, 2.45) is 0 Å². The van der Waals surface area contributed by atoms with Crippen molar-refractivity contribution < 1.29 is 14.3 Å². The lowest BCUT2D eigenvalue weighted by Crippen LogP contribution is -2.25. The van der Waals surface area contributed by atoms with Crippen molar-refractivity contribution in [3.05, 3.63) is 18.1 Å². The molecule has 1 aromatic heterocycles. The fraction of sp³-hybridized carbons (Fsp3) is 0.583. The van der Waals surface area contributed by atoms with Crippen molar-refractivity contribution in [3.63, 3.8) is 0 Å². The molecule has 1 unspecified atom stereocenters. The van der Waals surface area contributed by atoms with Crippen LogP contribution in [-0.4, -0.2) is 48.8 Å². The standard InChI is InChI=1S/C12H17N3O3/c1-3-18-12(16)10-6-13-8-14-11(10)15-5-4-9(7-15)17-2/h6,8-9H,3-5,7H2,1-2H3. The molecule has 6 nitrogen and oxygen atoms in total. The van der Waals surface area contributed by atoms with Crippen molar-refractivity contribution in [3.8, 4) is 0 Å². The Morgan fingerprint density at radius 3 is 3.11 bits per heavy atom. The van der Waals surface area contributed by atoms with E-state index in [0.717, 1.165) is 19.5 Å². The molecule has 0 aliphatic carbocycles. The van der Waals surface area contributed by atoms with E-state index in [9.17, 15) is 4.79 Å². The van der Waals surface area contributed by atoms with Gasteiger partial charge in [0.1, 0.15) is 17.7 Å².